The minimum absolute atomic E-state index is 0. The van der Waals surface area contributed by atoms with E-state index < -0.39 is 21.7 Å². The van der Waals surface area contributed by atoms with Crippen molar-refractivity contribution in [3.05, 3.63) is 0 Å². The Hall–Kier alpha value is -0.820. The van der Waals surface area contributed by atoms with Gasteiger partial charge >= 0.3 is 6.09 Å². The number of rotatable bonds is 8. The number of aliphatic imine (C=N–C) groups is 1. The fraction of sp³-hybridized carbons (Fsp3) is 0.900. The molecule has 11 heteroatoms. The van der Waals surface area contributed by atoms with Gasteiger partial charge in [0.15, 0.2) is 5.96 Å². The highest BCUT2D eigenvalue weighted by Gasteiger charge is 2.28. The van der Waals surface area contributed by atoms with E-state index in [0.29, 0.717) is 32.0 Å². The summed E-state index contributed by atoms with van der Waals surface area (Å²) < 4.78 is 31.4. The number of ether oxygens (including phenoxy) is 1. The molecule has 0 radical (unpaired) electrons. The van der Waals surface area contributed by atoms with Crippen molar-refractivity contribution in [1.29, 1.82) is 0 Å². The molecule has 31 heavy (non-hydrogen) atoms. The normalized spacial score (nSPS) is 17.6. The van der Waals surface area contributed by atoms with E-state index in [0.717, 1.165) is 12.8 Å². The summed E-state index contributed by atoms with van der Waals surface area (Å²) in [6.07, 6.45) is 1.65. The van der Waals surface area contributed by atoms with Crippen LogP contribution in [-0.4, -0.2) is 74.9 Å². The van der Waals surface area contributed by atoms with Gasteiger partial charge in [0.2, 0.25) is 10.0 Å². The van der Waals surface area contributed by atoms with E-state index in [1.54, 1.807) is 11.4 Å². The van der Waals surface area contributed by atoms with Crippen molar-refractivity contribution in [2.75, 3.05) is 32.4 Å². The van der Waals surface area contributed by atoms with E-state index in [-0.39, 0.29) is 47.7 Å². The molecule has 1 fully saturated rings. The Balaban J connectivity index is 0.00000900. The zero-order valence-corrected chi connectivity index (χ0v) is 23.2. The first kappa shape index (κ1) is 30.2. The topological polar surface area (TPSA) is 112 Å². The molecule has 0 spiro atoms. The molecule has 184 valence electrons. The van der Waals surface area contributed by atoms with Gasteiger partial charge in [0.1, 0.15) is 5.60 Å². The van der Waals surface area contributed by atoms with Crippen LogP contribution in [0.15, 0.2) is 4.99 Å². The standard InChI is InChI=1S/C20H41N5O4S.HI/c1-8-13-30(27,28)25-11-9-16(10-12-25)23-18(21-7)22-14-17(15(2)3)24-19(26)29-20(4,5)6;/h15-17H,8-14H2,1-7H3,(H,24,26)(H2,21,22,23);1H. The second-order valence-electron chi connectivity index (χ2n) is 9.08. The molecule has 3 N–H and O–H groups in total. The van der Waals surface area contributed by atoms with Crippen LogP contribution in [0.2, 0.25) is 0 Å². The van der Waals surface area contributed by atoms with Crippen LogP contribution in [0.1, 0.15) is 60.8 Å². The van der Waals surface area contributed by atoms with Gasteiger partial charge in [-0.05, 0) is 46.0 Å². The Morgan fingerprint density at radius 2 is 1.81 bits per heavy atom. The van der Waals surface area contributed by atoms with Gasteiger partial charge < -0.3 is 20.7 Å². The van der Waals surface area contributed by atoms with Crippen molar-refractivity contribution in [2.45, 2.75) is 78.5 Å². The van der Waals surface area contributed by atoms with E-state index in [4.69, 9.17) is 4.74 Å². The number of amides is 1. The summed E-state index contributed by atoms with van der Waals surface area (Å²) in [6.45, 7) is 13.0. The van der Waals surface area contributed by atoms with Crippen LogP contribution < -0.4 is 16.0 Å². The zero-order chi connectivity index (χ0) is 22.9. The van der Waals surface area contributed by atoms with Crippen molar-refractivity contribution >= 4 is 46.1 Å². The second-order valence-corrected chi connectivity index (χ2v) is 11.2. The Morgan fingerprint density at radius 3 is 2.26 bits per heavy atom. The van der Waals surface area contributed by atoms with E-state index in [2.05, 4.69) is 20.9 Å². The molecule has 9 nitrogen and oxygen atoms in total. The summed E-state index contributed by atoms with van der Waals surface area (Å²) in [6, 6.07) is 0.0278. The van der Waals surface area contributed by atoms with Crippen LogP contribution in [-0.2, 0) is 14.8 Å². The first-order valence-corrected chi connectivity index (χ1v) is 12.4. The smallest absolute Gasteiger partial charge is 0.407 e. The fourth-order valence-electron chi connectivity index (χ4n) is 3.17. The summed E-state index contributed by atoms with van der Waals surface area (Å²) in [5.74, 6) is 1.05. The summed E-state index contributed by atoms with van der Waals surface area (Å²) in [5.41, 5.74) is -0.546. The minimum Gasteiger partial charge on any atom is -0.444 e. The maximum Gasteiger partial charge on any atom is 0.407 e. The number of halogens is 1. The zero-order valence-electron chi connectivity index (χ0n) is 20.0. The lowest BCUT2D eigenvalue weighted by atomic mass is 10.0. The Bertz CT molecular complexity index is 672. The van der Waals surface area contributed by atoms with Gasteiger partial charge in [-0.25, -0.2) is 17.5 Å². The lowest BCUT2D eigenvalue weighted by Crippen LogP contribution is -2.53. The predicted octanol–water partition coefficient (Wildman–Crippen LogP) is 2.52. The first-order chi connectivity index (χ1) is 13.9. The van der Waals surface area contributed by atoms with E-state index >= 15 is 0 Å². The monoisotopic (exact) mass is 575 g/mol. The maximum atomic E-state index is 12.2. The van der Waals surface area contributed by atoms with Gasteiger partial charge in [-0.3, -0.25) is 4.99 Å². The van der Waals surface area contributed by atoms with Crippen molar-refractivity contribution in [3.63, 3.8) is 0 Å². The van der Waals surface area contributed by atoms with Gasteiger partial charge in [0.05, 0.1) is 11.8 Å². The van der Waals surface area contributed by atoms with Gasteiger partial charge in [-0.15, -0.1) is 24.0 Å². The van der Waals surface area contributed by atoms with Crippen LogP contribution in [0.4, 0.5) is 4.79 Å². The number of piperidine rings is 1. The van der Waals surface area contributed by atoms with Crippen LogP contribution in [0.25, 0.3) is 0 Å². The molecule has 0 aromatic carbocycles. The summed E-state index contributed by atoms with van der Waals surface area (Å²) >= 11 is 0. The third-order valence-electron chi connectivity index (χ3n) is 4.87. The number of alkyl carbamates (subject to hydrolysis) is 1. The molecule has 1 atom stereocenters. The summed E-state index contributed by atoms with van der Waals surface area (Å²) in [7, 11) is -1.44. The molecule has 0 aromatic rings. The molecule has 0 aromatic heterocycles. The summed E-state index contributed by atoms with van der Waals surface area (Å²) in [4.78, 5) is 16.4. The quantitative estimate of drug-likeness (QED) is 0.233. The van der Waals surface area contributed by atoms with Crippen molar-refractivity contribution < 1.29 is 17.9 Å². The van der Waals surface area contributed by atoms with E-state index in [1.165, 1.54) is 0 Å². The number of carbonyl (C=O) groups is 1. The summed E-state index contributed by atoms with van der Waals surface area (Å²) in [5, 5.41) is 9.54. The van der Waals surface area contributed by atoms with Crippen molar-refractivity contribution in [2.24, 2.45) is 10.9 Å². The Kier molecular flexibility index (Phi) is 13.3. The predicted molar refractivity (Wildman–Crippen MR) is 137 cm³/mol. The number of carbonyl (C=O) groups excluding carboxylic acids is 1. The number of hydrogen-bond acceptors (Lipinski definition) is 5. The van der Waals surface area contributed by atoms with Crippen LogP contribution in [0.3, 0.4) is 0 Å². The number of nitrogens with one attached hydrogen (secondary N) is 3. The number of nitrogens with zero attached hydrogens (tertiary/aromatic N) is 2. The maximum absolute atomic E-state index is 12.2. The fourth-order valence-corrected chi connectivity index (χ4v) is 4.71. The molecule has 1 unspecified atom stereocenters. The molecule has 1 aliphatic rings. The third kappa shape index (κ3) is 11.6. The van der Waals surface area contributed by atoms with Gasteiger partial charge in [0.25, 0.3) is 0 Å². The molecule has 1 aliphatic heterocycles. The third-order valence-corrected chi connectivity index (χ3v) is 6.95. The lowest BCUT2D eigenvalue weighted by Gasteiger charge is -2.32. The number of sulfonamides is 1. The van der Waals surface area contributed by atoms with E-state index in [9.17, 15) is 13.2 Å². The molecule has 1 rings (SSSR count). The highest BCUT2D eigenvalue weighted by Crippen LogP contribution is 2.15. The van der Waals surface area contributed by atoms with Gasteiger partial charge in [-0.2, -0.15) is 0 Å². The molecule has 1 saturated heterocycles. The lowest BCUT2D eigenvalue weighted by molar-refractivity contribution is 0.0491. The molecule has 1 amide bonds. The SMILES string of the molecule is CCCS(=O)(=O)N1CCC(NC(=NC)NCC(NC(=O)OC(C)(C)C)C(C)C)CC1.I. The molecular weight excluding hydrogens is 533 g/mol. The van der Waals surface area contributed by atoms with Gasteiger partial charge in [-0.1, -0.05) is 20.8 Å². The van der Waals surface area contributed by atoms with Crippen molar-refractivity contribution in [3.8, 4) is 0 Å². The average molecular weight is 576 g/mol. The molecular formula is C20H42IN5O4S. The second kappa shape index (κ2) is 13.7. The largest absolute Gasteiger partial charge is 0.444 e. The molecule has 0 aliphatic carbocycles. The van der Waals surface area contributed by atoms with Crippen LogP contribution in [0.5, 0.6) is 0 Å². The van der Waals surface area contributed by atoms with E-state index in [1.807, 2.05) is 41.5 Å². The first-order valence-electron chi connectivity index (χ1n) is 10.8. The van der Waals surface area contributed by atoms with Crippen LogP contribution in [0, 0.1) is 5.92 Å². The number of guanidine groups is 1. The average Bonchev–Trinajstić information content (AvgIpc) is 2.62. The van der Waals surface area contributed by atoms with Gasteiger partial charge in [0, 0.05) is 32.7 Å². The van der Waals surface area contributed by atoms with Crippen LogP contribution >= 0.6 is 24.0 Å². The Labute approximate surface area is 205 Å². The molecule has 0 saturated carbocycles. The highest BCUT2D eigenvalue weighted by molar-refractivity contribution is 14.0. The molecule has 1 heterocycles. The molecule has 0 bridgehead atoms. The number of hydrogen-bond donors (Lipinski definition) is 3. The highest BCUT2D eigenvalue weighted by atomic mass is 127. The Morgan fingerprint density at radius 1 is 1.23 bits per heavy atom. The minimum atomic E-state index is -3.14. The van der Waals surface area contributed by atoms with Crippen molar-refractivity contribution in [1.82, 2.24) is 20.3 Å².